The van der Waals surface area contributed by atoms with E-state index in [2.05, 4.69) is 222 Å². The number of allylic oxidation sites excluding steroid dienone is 1. The van der Waals surface area contributed by atoms with Crippen molar-refractivity contribution >= 4 is 38.8 Å². The van der Waals surface area contributed by atoms with E-state index in [0.29, 0.717) is 17.7 Å². The van der Waals surface area contributed by atoms with Crippen molar-refractivity contribution in [2.45, 2.75) is 13.3 Å². The third-order valence-electron chi connectivity index (χ3n) is 13.5. The molecule has 12 aromatic rings. The number of rotatable bonds is 8. The quantitative estimate of drug-likeness (QED) is 0.152. The van der Waals surface area contributed by atoms with E-state index in [1.165, 1.54) is 27.8 Å². The van der Waals surface area contributed by atoms with Crippen LogP contribution in [0, 0.1) is 5.92 Å². The van der Waals surface area contributed by atoms with Crippen LogP contribution in [0.4, 0.5) is 0 Å². The molecule has 0 saturated heterocycles. The Labute approximate surface area is 400 Å². The van der Waals surface area contributed by atoms with Crippen LogP contribution in [0.2, 0.25) is 0 Å². The SMILES string of the molecule is CC1C=Cc2c(c3cc(-c4ccc5c(c4)c4cc(-c6nc(-c7ccccc7)cc(-c7ccccc7)n6)ccc4n5-c4nc(-c5ccccc5)cc(-c5ccccc5)n4)ccc3n2-c2ccccc2)C1. The number of hydrogen-bond donors (Lipinski definition) is 0. The van der Waals surface area contributed by atoms with E-state index in [1.54, 1.807) is 0 Å². The first-order chi connectivity index (χ1) is 34.1. The first-order valence-corrected chi connectivity index (χ1v) is 23.6. The van der Waals surface area contributed by atoms with Gasteiger partial charge < -0.3 is 4.57 Å². The van der Waals surface area contributed by atoms with Gasteiger partial charge in [-0.1, -0.05) is 165 Å². The minimum atomic E-state index is 0.457. The third-order valence-corrected chi connectivity index (χ3v) is 13.5. The number of benzene rings is 8. The van der Waals surface area contributed by atoms with Gasteiger partial charge >= 0.3 is 0 Å². The van der Waals surface area contributed by atoms with Crippen molar-refractivity contribution in [1.82, 2.24) is 29.1 Å². The van der Waals surface area contributed by atoms with Crippen LogP contribution in [0.3, 0.4) is 0 Å². The molecule has 0 amide bonds. The lowest BCUT2D eigenvalue weighted by Crippen LogP contribution is -2.05. The maximum Gasteiger partial charge on any atom is 0.235 e. The van der Waals surface area contributed by atoms with E-state index in [0.717, 1.165) is 89.9 Å². The second-order valence-electron chi connectivity index (χ2n) is 18.0. The first kappa shape index (κ1) is 40.3. The molecule has 6 heteroatoms. The molecule has 69 heavy (non-hydrogen) atoms. The molecular formula is C63H44N6. The second-order valence-corrected chi connectivity index (χ2v) is 18.0. The first-order valence-electron chi connectivity index (χ1n) is 23.6. The summed E-state index contributed by atoms with van der Waals surface area (Å²) in [6, 6.07) is 76.7. The molecule has 0 aliphatic heterocycles. The van der Waals surface area contributed by atoms with Crippen LogP contribution < -0.4 is 0 Å². The Morgan fingerprint density at radius 2 is 0.783 bits per heavy atom. The van der Waals surface area contributed by atoms with Crippen molar-refractivity contribution in [2.75, 3.05) is 0 Å². The monoisotopic (exact) mass is 884 g/mol. The highest BCUT2D eigenvalue weighted by molar-refractivity contribution is 6.11. The molecule has 8 aromatic carbocycles. The van der Waals surface area contributed by atoms with Gasteiger partial charge in [-0.05, 0) is 102 Å². The second kappa shape index (κ2) is 16.7. The lowest BCUT2D eigenvalue weighted by atomic mass is 9.92. The molecule has 1 unspecified atom stereocenters. The van der Waals surface area contributed by atoms with E-state index in [1.807, 2.05) is 24.3 Å². The van der Waals surface area contributed by atoms with Gasteiger partial charge in [0.05, 0.1) is 39.3 Å². The van der Waals surface area contributed by atoms with Crippen molar-refractivity contribution in [3.05, 3.63) is 236 Å². The molecule has 0 saturated carbocycles. The molecule has 13 rings (SSSR count). The minimum absolute atomic E-state index is 0.457. The van der Waals surface area contributed by atoms with Gasteiger partial charge in [-0.15, -0.1) is 0 Å². The zero-order chi connectivity index (χ0) is 45.8. The Kier molecular flexibility index (Phi) is 9.75. The molecule has 0 spiro atoms. The van der Waals surface area contributed by atoms with Gasteiger partial charge in [0, 0.05) is 55.4 Å². The van der Waals surface area contributed by atoms with E-state index in [9.17, 15) is 0 Å². The molecule has 326 valence electrons. The highest BCUT2D eigenvalue weighted by atomic mass is 15.2. The van der Waals surface area contributed by atoms with Crippen LogP contribution >= 0.6 is 0 Å². The van der Waals surface area contributed by atoms with Gasteiger partial charge in [-0.2, -0.15) is 0 Å². The average molecular weight is 885 g/mol. The average Bonchev–Trinajstić information content (AvgIpc) is 3.93. The highest BCUT2D eigenvalue weighted by Crippen LogP contribution is 2.41. The van der Waals surface area contributed by atoms with Crippen LogP contribution in [-0.4, -0.2) is 29.1 Å². The Hall–Kier alpha value is -9.00. The zero-order valence-electron chi connectivity index (χ0n) is 37.9. The van der Waals surface area contributed by atoms with E-state index in [4.69, 9.17) is 19.9 Å². The van der Waals surface area contributed by atoms with E-state index >= 15 is 0 Å². The standard InChI is InChI=1S/C63H44N6/c1-41-27-31-58-50(35-41)51-36-46(28-32-59(51)68(58)49-25-15-6-16-26-49)47-29-33-60-52(37-47)53-38-48(62-64-54(42-17-7-2-8-18-42)39-55(65-62)43-19-9-3-10-20-43)30-34-61(53)69(60)63-66-56(44-21-11-4-12-22-44)40-57(67-63)45-23-13-5-14-24-45/h2-34,36-41H,35H2,1H3. The van der Waals surface area contributed by atoms with Crippen molar-refractivity contribution in [1.29, 1.82) is 0 Å². The summed E-state index contributed by atoms with van der Waals surface area (Å²) in [5, 5.41) is 3.43. The maximum atomic E-state index is 5.35. The summed E-state index contributed by atoms with van der Waals surface area (Å²) in [5.41, 5.74) is 17.8. The molecule has 1 aliphatic rings. The van der Waals surface area contributed by atoms with Gasteiger partial charge in [-0.25, -0.2) is 19.9 Å². The molecular weight excluding hydrogens is 841 g/mol. The smallest absolute Gasteiger partial charge is 0.235 e. The minimum Gasteiger partial charge on any atom is -0.310 e. The summed E-state index contributed by atoms with van der Waals surface area (Å²) in [5.74, 6) is 1.71. The Bertz CT molecular complexity index is 3800. The van der Waals surface area contributed by atoms with E-state index in [-0.39, 0.29) is 0 Å². The van der Waals surface area contributed by atoms with E-state index < -0.39 is 0 Å². The summed E-state index contributed by atoms with van der Waals surface area (Å²) in [7, 11) is 0. The van der Waals surface area contributed by atoms with Crippen LogP contribution in [0.15, 0.2) is 224 Å². The van der Waals surface area contributed by atoms with Crippen molar-refractivity contribution < 1.29 is 0 Å². The highest BCUT2D eigenvalue weighted by Gasteiger charge is 2.23. The Balaban J connectivity index is 1.04. The molecule has 1 atom stereocenters. The molecule has 0 bridgehead atoms. The number of aromatic nitrogens is 6. The van der Waals surface area contributed by atoms with Crippen molar-refractivity contribution in [2.24, 2.45) is 5.92 Å². The van der Waals surface area contributed by atoms with Crippen LogP contribution in [-0.2, 0) is 6.42 Å². The molecule has 0 N–H and O–H groups in total. The van der Waals surface area contributed by atoms with Gasteiger partial charge in [0.1, 0.15) is 0 Å². The van der Waals surface area contributed by atoms with Crippen molar-refractivity contribution in [3.8, 4) is 79.2 Å². The molecule has 0 radical (unpaired) electrons. The van der Waals surface area contributed by atoms with Gasteiger partial charge in [0.15, 0.2) is 5.82 Å². The normalized spacial score (nSPS) is 13.3. The lowest BCUT2D eigenvalue weighted by Gasteiger charge is -2.15. The number of hydrogen-bond acceptors (Lipinski definition) is 4. The van der Waals surface area contributed by atoms with Crippen LogP contribution in [0.25, 0.3) is 118 Å². The fourth-order valence-electron chi connectivity index (χ4n) is 10.1. The number of para-hydroxylation sites is 1. The van der Waals surface area contributed by atoms with Crippen LogP contribution in [0.5, 0.6) is 0 Å². The summed E-state index contributed by atoms with van der Waals surface area (Å²) < 4.78 is 4.64. The Morgan fingerprint density at radius 1 is 0.377 bits per heavy atom. The van der Waals surface area contributed by atoms with Gasteiger partial charge in [0.2, 0.25) is 5.95 Å². The van der Waals surface area contributed by atoms with Crippen LogP contribution in [0.1, 0.15) is 18.2 Å². The summed E-state index contributed by atoms with van der Waals surface area (Å²) >= 11 is 0. The molecule has 0 fully saturated rings. The molecule has 4 heterocycles. The molecule has 6 nitrogen and oxygen atoms in total. The zero-order valence-corrected chi connectivity index (χ0v) is 37.9. The van der Waals surface area contributed by atoms with Gasteiger partial charge in [0.25, 0.3) is 0 Å². The third kappa shape index (κ3) is 7.21. The molecule has 1 aliphatic carbocycles. The largest absolute Gasteiger partial charge is 0.310 e. The van der Waals surface area contributed by atoms with Crippen molar-refractivity contribution in [3.63, 3.8) is 0 Å². The lowest BCUT2D eigenvalue weighted by molar-refractivity contribution is 0.718. The topological polar surface area (TPSA) is 61.4 Å². The predicted molar refractivity (Wildman–Crippen MR) is 283 cm³/mol. The number of nitrogens with zero attached hydrogens (tertiary/aromatic N) is 6. The fourth-order valence-corrected chi connectivity index (χ4v) is 10.1. The Morgan fingerprint density at radius 3 is 1.28 bits per heavy atom. The van der Waals surface area contributed by atoms with Gasteiger partial charge in [-0.3, -0.25) is 4.57 Å². The molecule has 4 aromatic heterocycles. The summed E-state index contributed by atoms with van der Waals surface area (Å²) in [6.45, 7) is 2.31. The fraction of sp³-hybridized carbons (Fsp3) is 0.0476. The summed E-state index contributed by atoms with van der Waals surface area (Å²) in [4.78, 5) is 21.2. The summed E-state index contributed by atoms with van der Waals surface area (Å²) in [6.07, 6.45) is 5.65. The predicted octanol–water partition coefficient (Wildman–Crippen LogP) is 15.5. The maximum absolute atomic E-state index is 5.35. The number of fused-ring (bicyclic) bond motifs is 6.